The summed E-state index contributed by atoms with van der Waals surface area (Å²) in [5.74, 6) is 0. The Morgan fingerprint density at radius 3 is 2.92 bits per heavy atom. The van der Waals surface area contributed by atoms with Gasteiger partial charge in [-0.15, -0.1) is 0 Å². The highest BCUT2D eigenvalue weighted by atomic mass is 14.7. The maximum atomic E-state index is 7.54. The van der Waals surface area contributed by atoms with Crippen LogP contribution >= 0.6 is 0 Å². The number of aromatic nitrogens is 1. The molecule has 0 amide bonds. The summed E-state index contributed by atoms with van der Waals surface area (Å²) in [7, 11) is 0. The van der Waals surface area contributed by atoms with E-state index in [0.29, 0.717) is 5.69 Å². The van der Waals surface area contributed by atoms with Crippen LogP contribution in [0.3, 0.4) is 0 Å². The Morgan fingerprint density at radius 2 is 2.25 bits per heavy atom. The van der Waals surface area contributed by atoms with E-state index < -0.39 is 0 Å². The van der Waals surface area contributed by atoms with Gasteiger partial charge in [-0.1, -0.05) is 19.8 Å². The molecule has 65 valence electrons. The van der Waals surface area contributed by atoms with Crippen molar-refractivity contribution in [2.45, 2.75) is 32.6 Å². The van der Waals surface area contributed by atoms with E-state index in [9.17, 15) is 0 Å². The van der Waals surface area contributed by atoms with Crippen LogP contribution in [0.25, 0.3) is 0 Å². The highest BCUT2D eigenvalue weighted by molar-refractivity contribution is 5.39. The molecule has 0 saturated heterocycles. The van der Waals surface area contributed by atoms with Gasteiger partial charge in [0.15, 0.2) is 0 Å². The van der Waals surface area contributed by atoms with Crippen molar-refractivity contribution in [1.29, 1.82) is 0 Å². The molecule has 1 radical (unpaired) electrons. The second-order valence-corrected chi connectivity index (χ2v) is 2.99. The van der Waals surface area contributed by atoms with Crippen LogP contribution in [0, 0.1) is 0 Å². The van der Waals surface area contributed by atoms with Gasteiger partial charge in [-0.05, 0) is 24.5 Å². The lowest BCUT2D eigenvalue weighted by Crippen LogP contribution is -1.88. The van der Waals surface area contributed by atoms with Crippen molar-refractivity contribution in [2.75, 3.05) is 0 Å². The Balaban J connectivity index is 2.46. The van der Waals surface area contributed by atoms with Gasteiger partial charge in [0.1, 0.15) is 0 Å². The molecule has 0 fully saturated rings. The van der Waals surface area contributed by atoms with Crippen LogP contribution in [-0.4, -0.2) is 4.98 Å². The number of nitrogens with one attached hydrogen (secondary N) is 1. The Labute approximate surface area is 73.8 Å². The molecule has 1 rings (SSSR count). The molecule has 0 saturated carbocycles. The van der Waals surface area contributed by atoms with Crippen LogP contribution in [0.5, 0.6) is 0 Å². The quantitative estimate of drug-likeness (QED) is 0.629. The first-order valence-corrected chi connectivity index (χ1v) is 4.49. The molecule has 0 atom stereocenters. The SMILES string of the molecule is CCCCCc1ccncc1[NH]. The zero-order valence-electron chi connectivity index (χ0n) is 7.51. The zero-order chi connectivity index (χ0) is 8.81. The van der Waals surface area contributed by atoms with E-state index in [4.69, 9.17) is 5.73 Å². The van der Waals surface area contributed by atoms with Gasteiger partial charge >= 0.3 is 0 Å². The summed E-state index contributed by atoms with van der Waals surface area (Å²) in [6.45, 7) is 2.19. The van der Waals surface area contributed by atoms with Crippen molar-refractivity contribution >= 4 is 5.69 Å². The molecular formula is C10H15N2. The minimum atomic E-state index is 0.577. The number of unbranched alkanes of at least 4 members (excludes halogenated alkanes) is 2. The van der Waals surface area contributed by atoms with Gasteiger partial charge in [0, 0.05) is 6.20 Å². The van der Waals surface area contributed by atoms with Gasteiger partial charge in [0.25, 0.3) is 0 Å². The van der Waals surface area contributed by atoms with Crippen molar-refractivity contribution in [3.63, 3.8) is 0 Å². The van der Waals surface area contributed by atoms with Crippen molar-refractivity contribution < 1.29 is 0 Å². The fourth-order valence-electron chi connectivity index (χ4n) is 1.21. The van der Waals surface area contributed by atoms with Crippen LogP contribution in [0.1, 0.15) is 31.7 Å². The van der Waals surface area contributed by atoms with E-state index in [1.54, 1.807) is 12.4 Å². The average molecular weight is 163 g/mol. The largest absolute Gasteiger partial charge is 0.299 e. The third kappa shape index (κ3) is 2.53. The molecule has 0 aliphatic rings. The molecule has 1 aromatic heterocycles. The standard InChI is InChI=1S/C10H15N2/c1-2-3-4-5-9-6-7-12-8-10(9)11/h6-8,11H,2-5H2,1H3. The van der Waals surface area contributed by atoms with Crippen LogP contribution < -0.4 is 5.73 Å². The average Bonchev–Trinajstić information content (AvgIpc) is 2.09. The van der Waals surface area contributed by atoms with Crippen LogP contribution in [0.4, 0.5) is 5.69 Å². The number of pyridine rings is 1. The first kappa shape index (κ1) is 9.04. The van der Waals surface area contributed by atoms with Crippen LogP contribution in [0.15, 0.2) is 18.5 Å². The molecule has 0 bridgehead atoms. The number of rotatable bonds is 4. The molecule has 2 heteroatoms. The summed E-state index contributed by atoms with van der Waals surface area (Å²) in [6, 6.07) is 1.94. The molecule has 0 aromatic carbocycles. The van der Waals surface area contributed by atoms with Gasteiger partial charge in [-0.25, -0.2) is 0 Å². The number of hydrogen-bond donors (Lipinski definition) is 0. The van der Waals surface area contributed by atoms with E-state index in [-0.39, 0.29) is 0 Å². The molecule has 1 heterocycles. The number of hydrogen-bond acceptors (Lipinski definition) is 1. The molecule has 0 aliphatic carbocycles. The van der Waals surface area contributed by atoms with Gasteiger partial charge in [0.05, 0.1) is 11.9 Å². The minimum Gasteiger partial charge on any atom is -0.299 e. The highest BCUT2D eigenvalue weighted by Gasteiger charge is 1.97. The van der Waals surface area contributed by atoms with Crippen molar-refractivity contribution in [1.82, 2.24) is 10.7 Å². The lowest BCUT2D eigenvalue weighted by molar-refractivity contribution is 0.717. The van der Waals surface area contributed by atoms with E-state index in [0.717, 1.165) is 12.0 Å². The maximum Gasteiger partial charge on any atom is 0.0755 e. The molecule has 12 heavy (non-hydrogen) atoms. The van der Waals surface area contributed by atoms with Crippen molar-refractivity contribution in [3.8, 4) is 0 Å². The lowest BCUT2D eigenvalue weighted by Gasteiger charge is -2.01. The molecular weight excluding hydrogens is 148 g/mol. The predicted molar refractivity (Wildman–Crippen MR) is 50.2 cm³/mol. The van der Waals surface area contributed by atoms with E-state index in [1.807, 2.05) is 6.07 Å². The number of aryl methyl sites for hydroxylation is 1. The van der Waals surface area contributed by atoms with Gasteiger partial charge in [-0.2, -0.15) is 0 Å². The molecule has 0 unspecified atom stereocenters. The van der Waals surface area contributed by atoms with Crippen molar-refractivity contribution in [3.05, 3.63) is 24.0 Å². The fraction of sp³-hybridized carbons (Fsp3) is 0.500. The number of nitrogens with zero attached hydrogens (tertiary/aromatic N) is 1. The second-order valence-electron chi connectivity index (χ2n) is 2.99. The predicted octanol–water partition coefficient (Wildman–Crippen LogP) is 2.73. The Hall–Kier alpha value is -1.05. The molecule has 1 N–H and O–H groups in total. The van der Waals surface area contributed by atoms with Crippen LogP contribution in [0.2, 0.25) is 0 Å². The topological polar surface area (TPSA) is 36.7 Å². The lowest BCUT2D eigenvalue weighted by atomic mass is 10.1. The van der Waals surface area contributed by atoms with Crippen molar-refractivity contribution in [2.24, 2.45) is 0 Å². The van der Waals surface area contributed by atoms with Gasteiger partial charge in [0.2, 0.25) is 0 Å². The summed E-state index contributed by atoms with van der Waals surface area (Å²) in [5, 5.41) is 0. The zero-order valence-corrected chi connectivity index (χ0v) is 7.51. The summed E-state index contributed by atoms with van der Waals surface area (Å²) in [5.41, 5.74) is 9.24. The molecule has 0 spiro atoms. The Morgan fingerprint density at radius 1 is 1.42 bits per heavy atom. The third-order valence-electron chi connectivity index (χ3n) is 1.96. The summed E-state index contributed by atoms with van der Waals surface area (Å²) >= 11 is 0. The van der Waals surface area contributed by atoms with E-state index >= 15 is 0 Å². The third-order valence-corrected chi connectivity index (χ3v) is 1.96. The second kappa shape index (κ2) is 4.75. The summed E-state index contributed by atoms with van der Waals surface area (Å²) in [6.07, 6.45) is 8.07. The highest BCUT2D eigenvalue weighted by Crippen LogP contribution is 2.13. The Bertz CT molecular complexity index is 233. The smallest absolute Gasteiger partial charge is 0.0755 e. The maximum absolute atomic E-state index is 7.54. The summed E-state index contributed by atoms with van der Waals surface area (Å²) < 4.78 is 0. The first-order valence-electron chi connectivity index (χ1n) is 4.49. The van der Waals surface area contributed by atoms with Gasteiger partial charge < -0.3 is 0 Å². The summed E-state index contributed by atoms with van der Waals surface area (Å²) in [4.78, 5) is 3.89. The molecule has 2 nitrogen and oxygen atoms in total. The minimum absolute atomic E-state index is 0.577. The molecule has 0 aliphatic heterocycles. The monoisotopic (exact) mass is 163 g/mol. The Kier molecular flexibility index (Phi) is 3.58. The normalized spacial score (nSPS) is 10.1. The van der Waals surface area contributed by atoms with Gasteiger partial charge in [-0.3, -0.25) is 10.7 Å². The fourth-order valence-corrected chi connectivity index (χ4v) is 1.21. The first-order chi connectivity index (χ1) is 5.84. The van der Waals surface area contributed by atoms with E-state index in [1.165, 1.54) is 19.3 Å². The van der Waals surface area contributed by atoms with Crippen LogP contribution in [-0.2, 0) is 6.42 Å². The molecule has 1 aromatic rings. The van der Waals surface area contributed by atoms with E-state index in [2.05, 4.69) is 11.9 Å².